The highest BCUT2D eigenvalue weighted by Crippen LogP contribution is 2.37. The number of hydrogen-bond donors (Lipinski definition) is 2. The molecule has 1 aromatic rings. The van der Waals surface area contributed by atoms with E-state index >= 15 is 0 Å². The number of carbonyl (C=O) groups excluding carboxylic acids is 1. The Hall–Kier alpha value is -1.93. The van der Waals surface area contributed by atoms with Crippen molar-refractivity contribution in [1.82, 2.24) is 0 Å². The lowest BCUT2D eigenvalue weighted by atomic mass is 9.89. The fourth-order valence-corrected chi connectivity index (χ4v) is 1.90. The molecule has 108 valence electrons. The molecule has 0 spiro atoms. The van der Waals surface area contributed by atoms with Crippen LogP contribution in [0.5, 0.6) is 0 Å². The van der Waals surface area contributed by atoms with Crippen LogP contribution >= 0.6 is 0 Å². The molecule has 2 rings (SSSR count). The molecule has 0 fully saturated rings. The van der Waals surface area contributed by atoms with Crippen molar-refractivity contribution in [2.75, 3.05) is 6.61 Å². The average Bonchev–Trinajstić information content (AvgIpc) is 2.40. The lowest BCUT2D eigenvalue weighted by Crippen LogP contribution is -2.46. The van der Waals surface area contributed by atoms with Crippen LogP contribution in [0.1, 0.15) is 15.9 Å². The summed E-state index contributed by atoms with van der Waals surface area (Å²) in [6, 6.07) is 2.96. The van der Waals surface area contributed by atoms with Gasteiger partial charge in [-0.3, -0.25) is 9.79 Å². The fourth-order valence-electron chi connectivity index (χ4n) is 1.90. The Kier molecular flexibility index (Phi) is 3.78. The molecule has 1 aliphatic heterocycles. The molecule has 0 saturated carbocycles. The summed E-state index contributed by atoms with van der Waals surface area (Å²) in [5.41, 5.74) is 7.66. The number of ether oxygens (including phenoxy) is 1. The Balaban J connectivity index is 2.58. The minimum Gasteiger partial charge on any atom is -0.366 e. The standard InChI is InChI=1S/C12H12F3N3O2/c13-8-2-1-6(10(17)19)3-7(8)12(11(14)15)5-20-9(16)4-18-12/h1-4,9,11H,5,16H2,(H2,17,19). The Morgan fingerprint density at radius 2 is 2.20 bits per heavy atom. The maximum atomic E-state index is 13.9. The van der Waals surface area contributed by atoms with Gasteiger partial charge in [0, 0.05) is 17.3 Å². The molecule has 1 heterocycles. The molecular weight excluding hydrogens is 275 g/mol. The maximum absolute atomic E-state index is 13.9. The van der Waals surface area contributed by atoms with Crippen molar-refractivity contribution in [2.45, 2.75) is 18.2 Å². The zero-order valence-electron chi connectivity index (χ0n) is 10.2. The SMILES string of the molecule is NC(=O)c1ccc(F)c(C2(C(F)F)COC(N)C=N2)c1. The molecule has 1 amide bonds. The molecule has 0 radical (unpaired) electrons. The van der Waals surface area contributed by atoms with E-state index in [9.17, 15) is 18.0 Å². The lowest BCUT2D eigenvalue weighted by molar-refractivity contribution is -0.0339. The van der Waals surface area contributed by atoms with Crippen LogP contribution in [0.25, 0.3) is 0 Å². The summed E-state index contributed by atoms with van der Waals surface area (Å²) in [5, 5.41) is 0. The minimum atomic E-state index is -3.04. The second kappa shape index (κ2) is 5.22. The number of carbonyl (C=O) groups is 1. The summed E-state index contributed by atoms with van der Waals surface area (Å²) in [4.78, 5) is 14.8. The normalized spacial score (nSPS) is 25.9. The number of hydrogen-bond acceptors (Lipinski definition) is 4. The van der Waals surface area contributed by atoms with Crippen LogP contribution in [0.4, 0.5) is 13.2 Å². The predicted octanol–water partition coefficient (Wildman–Crippen LogP) is 0.771. The summed E-state index contributed by atoms with van der Waals surface area (Å²) in [5.74, 6) is -1.78. The number of halogens is 3. The fraction of sp³-hybridized carbons (Fsp3) is 0.333. The van der Waals surface area contributed by atoms with Crippen molar-refractivity contribution < 1.29 is 22.7 Å². The van der Waals surface area contributed by atoms with E-state index in [0.29, 0.717) is 0 Å². The summed E-state index contributed by atoms with van der Waals surface area (Å²) >= 11 is 0. The third kappa shape index (κ3) is 2.39. The molecule has 20 heavy (non-hydrogen) atoms. The van der Waals surface area contributed by atoms with Gasteiger partial charge in [0.05, 0.1) is 6.61 Å². The van der Waals surface area contributed by atoms with Gasteiger partial charge < -0.3 is 16.2 Å². The molecule has 0 aliphatic carbocycles. The summed E-state index contributed by atoms with van der Waals surface area (Å²) in [6.45, 7) is -0.596. The van der Waals surface area contributed by atoms with Crippen molar-refractivity contribution in [3.8, 4) is 0 Å². The molecule has 1 aliphatic rings. The van der Waals surface area contributed by atoms with Gasteiger partial charge in [-0.2, -0.15) is 0 Å². The van der Waals surface area contributed by atoms with Gasteiger partial charge in [0.15, 0.2) is 5.54 Å². The Labute approximate surface area is 112 Å². The zero-order valence-corrected chi connectivity index (χ0v) is 10.2. The van der Waals surface area contributed by atoms with Crippen molar-refractivity contribution in [3.63, 3.8) is 0 Å². The van der Waals surface area contributed by atoms with E-state index in [1.54, 1.807) is 0 Å². The second-order valence-corrected chi connectivity index (χ2v) is 4.34. The Morgan fingerprint density at radius 3 is 2.70 bits per heavy atom. The molecule has 0 aromatic heterocycles. The van der Waals surface area contributed by atoms with Crippen LogP contribution < -0.4 is 11.5 Å². The first-order valence-electron chi connectivity index (χ1n) is 5.67. The highest BCUT2D eigenvalue weighted by molar-refractivity contribution is 5.93. The van der Waals surface area contributed by atoms with E-state index in [0.717, 1.165) is 24.4 Å². The van der Waals surface area contributed by atoms with E-state index in [1.165, 1.54) is 0 Å². The molecule has 2 atom stereocenters. The number of primary amides is 1. The summed E-state index contributed by atoms with van der Waals surface area (Å²) in [7, 11) is 0. The van der Waals surface area contributed by atoms with Crippen molar-refractivity contribution >= 4 is 12.1 Å². The first kappa shape index (κ1) is 14.5. The molecule has 8 heteroatoms. The molecular formula is C12H12F3N3O2. The van der Waals surface area contributed by atoms with E-state index in [2.05, 4.69) is 4.99 Å². The van der Waals surface area contributed by atoms with Crippen LogP contribution in [0.2, 0.25) is 0 Å². The van der Waals surface area contributed by atoms with Crippen LogP contribution in [0.15, 0.2) is 23.2 Å². The van der Waals surface area contributed by atoms with Crippen LogP contribution in [-0.2, 0) is 10.3 Å². The Bertz CT molecular complexity index is 565. The van der Waals surface area contributed by atoms with Gasteiger partial charge in [-0.05, 0) is 18.2 Å². The number of nitrogens with two attached hydrogens (primary N) is 2. The van der Waals surface area contributed by atoms with Gasteiger partial charge in [0.2, 0.25) is 5.91 Å². The van der Waals surface area contributed by atoms with Crippen molar-refractivity contribution in [2.24, 2.45) is 16.5 Å². The molecule has 0 saturated heterocycles. The second-order valence-electron chi connectivity index (χ2n) is 4.34. The molecule has 1 aromatic carbocycles. The van der Waals surface area contributed by atoms with E-state index in [1.807, 2.05) is 0 Å². The molecule has 5 nitrogen and oxygen atoms in total. The molecule has 2 unspecified atom stereocenters. The number of nitrogens with zero attached hydrogens (tertiary/aromatic N) is 1. The number of alkyl halides is 2. The number of amides is 1. The monoisotopic (exact) mass is 287 g/mol. The predicted molar refractivity (Wildman–Crippen MR) is 65.0 cm³/mol. The minimum absolute atomic E-state index is 0.0912. The maximum Gasteiger partial charge on any atom is 0.269 e. The van der Waals surface area contributed by atoms with Crippen LogP contribution in [0, 0.1) is 5.82 Å². The van der Waals surface area contributed by atoms with Crippen molar-refractivity contribution in [1.29, 1.82) is 0 Å². The molecule has 0 bridgehead atoms. The van der Waals surface area contributed by atoms with Gasteiger partial charge in [-0.1, -0.05) is 0 Å². The highest BCUT2D eigenvalue weighted by Gasteiger charge is 2.46. The largest absolute Gasteiger partial charge is 0.366 e. The van der Waals surface area contributed by atoms with Gasteiger partial charge in [-0.25, -0.2) is 13.2 Å². The number of aliphatic imine (C=N–C) groups is 1. The lowest BCUT2D eigenvalue weighted by Gasteiger charge is -2.33. The topological polar surface area (TPSA) is 90.7 Å². The van der Waals surface area contributed by atoms with E-state index in [-0.39, 0.29) is 5.56 Å². The third-order valence-electron chi connectivity index (χ3n) is 3.03. The molecule has 4 N–H and O–H groups in total. The average molecular weight is 287 g/mol. The third-order valence-corrected chi connectivity index (χ3v) is 3.03. The number of rotatable bonds is 3. The quantitative estimate of drug-likeness (QED) is 0.860. The first-order valence-corrected chi connectivity index (χ1v) is 5.67. The Morgan fingerprint density at radius 1 is 1.50 bits per heavy atom. The van der Waals surface area contributed by atoms with Crippen molar-refractivity contribution in [3.05, 3.63) is 35.1 Å². The van der Waals surface area contributed by atoms with Crippen LogP contribution in [0.3, 0.4) is 0 Å². The smallest absolute Gasteiger partial charge is 0.269 e. The highest BCUT2D eigenvalue weighted by atomic mass is 19.3. The van der Waals surface area contributed by atoms with Gasteiger partial charge in [0.25, 0.3) is 6.43 Å². The van der Waals surface area contributed by atoms with Gasteiger partial charge >= 0.3 is 0 Å². The van der Waals surface area contributed by atoms with Crippen LogP contribution in [-0.4, -0.2) is 31.4 Å². The summed E-state index contributed by atoms with van der Waals surface area (Å²) < 4.78 is 45.6. The summed E-state index contributed by atoms with van der Waals surface area (Å²) in [6.07, 6.45) is -2.99. The van der Waals surface area contributed by atoms with Gasteiger partial charge in [0.1, 0.15) is 12.0 Å². The number of benzene rings is 1. The van der Waals surface area contributed by atoms with E-state index in [4.69, 9.17) is 16.2 Å². The first-order chi connectivity index (χ1) is 9.36. The zero-order chi connectivity index (χ0) is 14.9. The van der Waals surface area contributed by atoms with Gasteiger partial charge in [-0.15, -0.1) is 0 Å². The van der Waals surface area contributed by atoms with E-state index < -0.39 is 42.1 Å².